The number of carbonyl (C=O) groups excluding carboxylic acids is 4. The second-order valence-electron chi connectivity index (χ2n) is 7.89. The van der Waals surface area contributed by atoms with Gasteiger partial charge in [0.15, 0.2) is 0 Å². The third kappa shape index (κ3) is 3.47. The lowest BCUT2D eigenvalue weighted by Crippen LogP contribution is -2.71. The van der Waals surface area contributed by atoms with Crippen molar-refractivity contribution in [3.63, 3.8) is 0 Å². The van der Waals surface area contributed by atoms with Crippen molar-refractivity contribution in [3.8, 4) is 5.75 Å². The summed E-state index contributed by atoms with van der Waals surface area (Å²) in [5.74, 6) is -1.08. The smallest absolute Gasteiger partial charge is 0.355 e. The van der Waals surface area contributed by atoms with Gasteiger partial charge in [0, 0.05) is 11.6 Å². The second-order valence-corrected chi connectivity index (χ2v) is 9.26. The van der Waals surface area contributed by atoms with Gasteiger partial charge in [-0.2, -0.15) is 0 Å². The molecule has 2 aromatic rings. The molecule has 8 nitrogen and oxygen atoms in total. The number of methoxy groups -OCH3 is 1. The van der Waals surface area contributed by atoms with Crippen LogP contribution in [0.4, 0.5) is 0 Å². The van der Waals surface area contributed by atoms with Gasteiger partial charge in [0.25, 0.3) is 17.7 Å². The molecule has 2 aromatic carbocycles. The lowest BCUT2D eigenvalue weighted by atomic mass is 10.0. The van der Waals surface area contributed by atoms with Crippen molar-refractivity contribution >= 4 is 47.1 Å². The second kappa shape index (κ2) is 8.81. The van der Waals surface area contributed by atoms with Crippen molar-refractivity contribution < 1.29 is 28.7 Å². The number of ether oxygens (including phenoxy) is 2. The molecule has 0 aromatic heterocycles. The summed E-state index contributed by atoms with van der Waals surface area (Å²) in [5, 5.41) is -0.579. The molecule has 0 radical (unpaired) electrons. The predicted octanol–water partition coefficient (Wildman–Crippen LogP) is 2.81. The number of nitrogens with zero attached hydrogens (tertiary/aromatic N) is 2. The number of thioether (sulfide) groups is 1. The van der Waals surface area contributed by atoms with Gasteiger partial charge in [-0.3, -0.25) is 24.2 Å². The summed E-state index contributed by atoms with van der Waals surface area (Å²) in [4.78, 5) is 54.3. The fourth-order valence-corrected chi connectivity index (χ4v) is 5.98. The highest BCUT2D eigenvalue weighted by Gasteiger charge is 2.60. The van der Waals surface area contributed by atoms with E-state index >= 15 is 0 Å². The van der Waals surface area contributed by atoms with Crippen molar-refractivity contribution in [1.29, 1.82) is 0 Å². The molecule has 0 bridgehead atoms. The lowest BCUT2D eigenvalue weighted by molar-refractivity contribution is -0.154. The summed E-state index contributed by atoms with van der Waals surface area (Å²) in [6.07, 6.45) is 0. The summed E-state index contributed by atoms with van der Waals surface area (Å²) >= 11 is 7.44. The molecule has 2 atom stereocenters. The molecule has 3 amide bonds. The highest BCUT2D eigenvalue weighted by molar-refractivity contribution is 8.00. The fourth-order valence-electron chi connectivity index (χ4n) is 4.26. The van der Waals surface area contributed by atoms with E-state index in [0.717, 1.165) is 10.5 Å². The Kier molecular flexibility index (Phi) is 5.83. The molecule has 2 unspecified atom stereocenters. The van der Waals surface area contributed by atoms with Gasteiger partial charge in [0.2, 0.25) is 0 Å². The van der Waals surface area contributed by atoms with Gasteiger partial charge in [-0.15, -0.1) is 23.4 Å². The Balaban J connectivity index is 1.35. The molecular weight excluding hydrogens is 480 g/mol. The number of benzene rings is 2. The summed E-state index contributed by atoms with van der Waals surface area (Å²) in [5.41, 5.74) is 1.95. The maximum absolute atomic E-state index is 13.2. The third-order valence-electron chi connectivity index (χ3n) is 6.01. The molecule has 34 heavy (non-hydrogen) atoms. The van der Waals surface area contributed by atoms with Gasteiger partial charge in [0.1, 0.15) is 29.5 Å². The van der Waals surface area contributed by atoms with Crippen LogP contribution in [0.3, 0.4) is 0 Å². The zero-order chi connectivity index (χ0) is 24.0. The average molecular weight is 499 g/mol. The molecular formula is C24H19ClN2O6S. The Labute approximate surface area is 204 Å². The Hall–Kier alpha value is -3.30. The highest BCUT2D eigenvalue weighted by Crippen LogP contribution is 2.44. The summed E-state index contributed by atoms with van der Waals surface area (Å²) in [6.45, 7) is 0.00354. The van der Waals surface area contributed by atoms with Crippen molar-refractivity contribution in [2.24, 2.45) is 0 Å². The minimum absolute atomic E-state index is 0.00354. The van der Waals surface area contributed by atoms with E-state index in [1.807, 2.05) is 0 Å². The van der Waals surface area contributed by atoms with E-state index < -0.39 is 35.1 Å². The van der Waals surface area contributed by atoms with Gasteiger partial charge in [0.05, 0.1) is 18.2 Å². The van der Waals surface area contributed by atoms with Crippen LogP contribution in [0.2, 0.25) is 0 Å². The van der Waals surface area contributed by atoms with Crippen LogP contribution in [0.15, 0.2) is 59.8 Å². The number of carbonyl (C=O) groups is 4. The molecule has 3 aliphatic rings. The number of hydrogen-bond donors (Lipinski definition) is 0. The number of alkyl halides is 1. The molecule has 3 aliphatic heterocycles. The van der Waals surface area contributed by atoms with Crippen LogP contribution >= 0.6 is 23.4 Å². The molecule has 5 rings (SSSR count). The van der Waals surface area contributed by atoms with Crippen molar-refractivity contribution in [3.05, 3.63) is 76.5 Å². The maximum Gasteiger partial charge on any atom is 0.355 e. The number of amides is 3. The van der Waals surface area contributed by atoms with Crippen LogP contribution in [-0.2, 0) is 20.9 Å². The number of β-lactam (4-membered cyclic amide) rings is 1. The van der Waals surface area contributed by atoms with E-state index in [1.165, 1.54) is 16.7 Å². The first-order valence-electron chi connectivity index (χ1n) is 10.5. The maximum atomic E-state index is 13.2. The van der Waals surface area contributed by atoms with Gasteiger partial charge in [-0.25, -0.2) is 4.79 Å². The van der Waals surface area contributed by atoms with E-state index in [4.69, 9.17) is 21.1 Å². The molecule has 10 heteroatoms. The van der Waals surface area contributed by atoms with Gasteiger partial charge in [-0.1, -0.05) is 24.3 Å². The van der Waals surface area contributed by atoms with Crippen LogP contribution in [0.1, 0.15) is 26.3 Å². The largest absolute Gasteiger partial charge is 0.497 e. The predicted molar refractivity (Wildman–Crippen MR) is 124 cm³/mol. The number of hydrogen-bond acceptors (Lipinski definition) is 7. The van der Waals surface area contributed by atoms with Crippen LogP contribution in [0, 0.1) is 0 Å². The highest BCUT2D eigenvalue weighted by atomic mass is 35.5. The molecule has 174 valence electrons. The van der Waals surface area contributed by atoms with Crippen LogP contribution < -0.4 is 4.74 Å². The number of fused-ring (bicyclic) bond motifs is 2. The Morgan fingerprint density at radius 1 is 1.03 bits per heavy atom. The molecule has 1 saturated heterocycles. The quantitative estimate of drug-likeness (QED) is 0.262. The first kappa shape index (κ1) is 22.5. The van der Waals surface area contributed by atoms with Gasteiger partial charge >= 0.3 is 5.97 Å². The van der Waals surface area contributed by atoms with Crippen LogP contribution in [-0.4, -0.2) is 63.6 Å². The zero-order valence-corrected chi connectivity index (χ0v) is 19.6. The van der Waals surface area contributed by atoms with Crippen molar-refractivity contribution in [1.82, 2.24) is 9.80 Å². The number of imide groups is 1. The Morgan fingerprint density at radius 2 is 1.68 bits per heavy atom. The molecule has 0 N–H and O–H groups in total. The molecule has 1 fully saturated rings. The molecule has 0 spiro atoms. The van der Waals surface area contributed by atoms with E-state index in [2.05, 4.69) is 0 Å². The Morgan fingerprint density at radius 3 is 2.26 bits per heavy atom. The van der Waals surface area contributed by atoms with E-state index in [1.54, 1.807) is 55.6 Å². The zero-order valence-electron chi connectivity index (χ0n) is 18.0. The summed E-state index contributed by atoms with van der Waals surface area (Å²) in [6, 6.07) is 12.5. The van der Waals surface area contributed by atoms with Crippen LogP contribution in [0.5, 0.6) is 5.75 Å². The number of esters is 1. The first-order valence-corrected chi connectivity index (χ1v) is 12.0. The van der Waals surface area contributed by atoms with E-state index in [-0.39, 0.29) is 29.3 Å². The fraction of sp³-hybridized carbons (Fsp3) is 0.250. The minimum atomic E-state index is -0.987. The average Bonchev–Trinajstić information content (AvgIpc) is 3.12. The normalized spacial score (nSPS) is 21.3. The monoisotopic (exact) mass is 498 g/mol. The topological polar surface area (TPSA) is 93.2 Å². The number of rotatable bonds is 6. The standard InChI is InChI=1S/C24H19ClN2O6S/c1-32-15-8-6-13(7-9-15)11-33-24(31)18-14(10-25)12-34-23-19(22(30)27(18)23)26-20(28)16-4-2-3-5-17(16)21(26)29/h2-9,19,23H,10-12H2,1H3. The minimum Gasteiger partial charge on any atom is -0.497 e. The molecule has 3 heterocycles. The number of halogens is 1. The van der Waals surface area contributed by atoms with Crippen molar-refractivity contribution in [2.75, 3.05) is 18.7 Å². The Bertz CT molecular complexity index is 1210. The molecule has 0 aliphatic carbocycles. The van der Waals surface area contributed by atoms with Crippen molar-refractivity contribution in [2.45, 2.75) is 18.0 Å². The van der Waals surface area contributed by atoms with Crippen LogP contribution in [0.25, 0.3) is 0 Å². The van der Waals surface area contributed by atoms with Gasteiger partial charge < -0.3 is 9.47 Å². The van der Waals surface area contributed by atoms with E-state index in [9.17, 15) is 19.2 Å². The first-order chi connectivity index (χ1) is 16.5. The molecule has 0 saturated carbocycles. The summed E-state index contributed by atoms with van der Waals surface area (Å²) in [7, 11) is 1.56. The third-order valence-corrected chi connectivity index (χ3v) is 7.65. The lowest BCUT2D eigenvalue weighted by Gasteiger charge is -2.51. The van der Waals surface area contributed by atoms with E-state index in [0.29, 0.717) is 17.1 Å². The SMILES string of the molecule is COc1ccc(COC(=O)C2=C(CCl)CSC3C(N4C(=O)c5ccccc5C4=O)C(=O)N23)cc1. The summed E-state index contributed by atoms with van der Waals surface area (Å²) < 4.78 is 10.6. The van der Waals surface area contributed by atoms with Gasteiger partial charge in [-0.05, 0) is 35.4 Å².